The average Bonchev–Trinajstić information content (AvgIpc) is 3.40. The van der Waals surface area contributed by atoms with Crippen LogP contribution in [-0.2, 0) is 19.1 Å². The van der Waals surface area contributed by atoms with Crippen molar-refractivity contribution < 1.29 is 24.2 Å². The molecule has 0 amide bonds. The molecule has 0 saturated heterocycles. The lowest BCUT2D eigenvalue weighted by Crippen LogP contribution is -2.28. The van der Waals surface area contributed by atoms with Crippen molar-refractivity contribution in [2.45, 2.75) is 290 Å². The molecule has 0 aliphatic rings. The number of aliphatic hydroxyl groups excluding tert-OH is 1. The molecule has 0 bridgehead atoms. The minimum absolute atomic E-state index is 0.0847. The van der Waals surface area contributed by atoms with Crippen LogP contribution in [0.3, 0.4) is 0 Å². The number of esters is 2. The van der Waals surface area contributed by atoms with Crippen LogP contribution in [-0.4, -0.2) is 36.4 Å². The third-order valence-corrected chi connectivity index (χ3v) is 13.2. The zero-order chi connectivity index (χ0) is 53.4. The van der Waals surface area contributed by atoms with E-state index in [0.29, 0.717) is 12.8 Å². The Hall–Kier alpha value is -3.70. The van der Waals surface area contributed by atoms with Crippen LogP contribution in [0.15, 0.2) is 122 Å². The molecule has 0 aromatic carbocycles. The first-order valence-electron chi connectivity index (χ1n) is 31.1. The fourth-order valence-electron chi connectivity index (χ4n) is 8.60. The Morgan fingerprint density at radius 3 is 0.905 bits per heavy atom. The molecule has 0 aromatic rings. The molecule has 0 rings (SSSR count). The molecule has 0 saturated carbocycles. The van der Waals surface area contributed by atoms with E-state index in [1.165, 1.54) is 154 Å². The van der Waals surface area contributed by atoms with Gasteiger partial charge in [-0.3, -0.25) is 9.59 Å². The smallest absolute Gasteiger partial charge is 0.306 e. The Morgan fingerprint density at radius 2 is 0.581 bits per heavy atom. The minimum Gasteiger partial charge on any atom is -0.462 e. The molecule has 5 nitrogen and oxygen atoms in total. The van der Waals surface area contributed by atoms with E-state index in [-0.39, 0.29) is 25.2 Å². The van der Waals surface area contributed by atoms with Crippen molar-refractivity contribution in [1.29, 1.82) is 0 Å². The van der Waals surface area contributed by atoms with E-state index >= 15 is 0 Å². The van der Waals surface area contributed by atoms with Crippen molar-refractivity contribution in [1.82, 2.24) is 0 Å². The van der Waals surface area contributed by atoms with Gasteiger partial charge in [-0.1, -0.05) is 283 Å². The summed E-state index contributed by atoms with van der Waals surface area (Å²) in [6, 6.07) is 0. The molecule has 0 aromatic heterocycles. The summed E-state index contributed by atoms with van der Waals surface area (Å²) in [6.07, 6.45) is 93.3. The average molecular weight is 1030 g/mol. The molecule has 0 aliphatic heterocycles. The number of carbonyl (C=O) groups excluding carboxylic acids is 2. The van der Waals surface area contributed by atoms with Gasteiger partial charge >= 0.3 is 11.9 Å². The molecular weight excluding hydrogens is 909 g/mol. The Labute approximate surface area is 458 Å². The van der Waals surface area contributed by atoms with Crippen LogP contribution < -0.4 is 0 Å². The molecule has 0 aliphatic carbocycles. The van der Waals surface area contributed by atoms with Gasteiger partial charge in [0, 0.05) is 12.8 Å². The van der Waals surface area contributed by atoms with Gasteiger partial charge in [0.15, 0.2) is 6.10 Å². The Morgan fingerprint density at radius 1 is 0.324 bits per heavy atom. The lowest BCUT2D eigenvalue weighted by atomic mass is 10.0. The summed E-state index contributed by atoms with van der Waals surface area (Å²) in [5, 5.41) is 9.67. The first-order chi connectivity index (χ1) is 36.6. The largest absolute Gasteiger partial charge is 0.462 e. The van der Waals surface area contributed by atoms with E-state index in [0.717, 1.165) is 103 Å². The molecule has 0 fully saturated rings. The summed E-state index contributed by atoms with van der Waals surface area (Å²) in [5.74, 6) is -0.628. The monoisotopic (exact) mass is 1020 g/mol. The van der Waals surface area contributed by atoms with Gasteiger partial charge in [0.25, 0.3) is 0 Å². The van der Waals surface area contributed by atoms with Crippen molar-refractivity contribution in [3.05, 3.63) is 122 Å². The van der Waals surface area contributed by atoms with Crippen LogP contribution in [0, 0.1) is 0 Å². The summed E-state index contributed by atoms with van der Waals surface area (Å²) in [7, 11) is 0. The molecule has 0 spiro atoms. The number of carbonyl (C=O) groups is 2. The van der Waals surface area contributed by atoms with Crippen LogP contribution in [0.1, 0.15) is 284 Å². The third kappa shape index (κ3) is 60.9. The zero-order valence-corrected chi connectivity index (χ0v) is 48.3. The number of ether oxygens (including phenoxy) is 2. The number of aliphatic hydroxyl groups is 1. The van der Waals surface area contributed by atoms with Gasteiger partial charge in [-0.15, -0.1) is 0 Å². The van der Waals surface area contributed by atoms with Gasteiger partial charge in [0.1, 0.15) is 6.61 Å². The van der Waals surface area contributed by atoms with Gasteiger partial charge in [0.2, 0.25) is 0 Å². The normalized spacial score (nSPS) is 13.1. The first kappa shape index (κ1) is 70.3. The number of hydrogen-bond donors (Lipinski definition) is 1. The maximum atomic E-state index is 12.3. The maximum absolute atomic E-state index is 12.3. The molecule has 1 unspecified atom stereocenters. The van der Waals surface area contributed by atoms with E-state index in [1.54, 1.807) is 0 Å². The molecule has 5 heteroatoms. The lowest BCUT2D eigenvalue weighted by Gasteiger charge is -2.15. The number of rotatable bonds is 56. The predicted molar refractivity (Wildman–Crippen MR) is 325 cm³/mol. The molecule has 0 radical (unpaired) electrons. The van der Waals surface area contributed by atoms with Gasteiger partial charge in [-0.2, -0.15) is 0 Å². The quantitative estimate of drug-likeness (QED) is 0.0373. The van der Waals surface area contributed by atoms with Crippen LogP contribution in [0.5, 0.6) is 0 Å². The highest BCUT2D eigenvalue weighted by atomic mass is 16.6. The highest BCUT2D eigenvalue weighted by molar-refractivity contribution is 5.70. The number of hydrogen-bond acceptors (Lipinski definition) is 5. The summed E-state index contributed by atoms with van der Waals surface area (Å²) in [6.45, 7) is 4.02. The van der Waals surface area contributed by atoms with Crippen molar-refractivity contribution in [2.24, 2.45) is 0 Å². The zero-order valence-electron chi connectivity index (χ0n) is 48.3. The molecule has 1 atom stereocenters. The van der Waals surface area contributed by atoms with E-state index in [9.17, 15) is 14.7 Å². The fourth-order valence-corrected chi connectivity index (χ4v) is 8.60. The first-order valence-corrected chi connectivity index (χ1v) is 31.1. The van der Waals surface area contributed by atoms with Gasteiger partial charge in [-0.05, 0) is 109 Å². The molecule has 0 heterocycles. The van der Waals surface area contributed by atoms with Crippen LogP contribution >= 0.6 is 0 Å². The van der Waals surface area contributed by atoms with Gasteiger partial charge < -0.3 is 14.6 Å². The second-order valence-electron chi connectivity index (χ2n) is 20.4. The van der Waals surface area contributed by atoms with Crippen LogP contribution in [0.2, 0.25) is 0 Å². The highest BCUT2D eigenvalue weighted by Gasteiger charge is 2.16. The topological polar surface area (TPSA) is 72.8 Å². The van der Waals surface area contributed by atoms with E-state index in [1.807, 2.05) is 0 Å². The number of unbranched alkanes of at least 4 members (excludes halogenated alkanes) is 28. The summed E-state index contributed by atoms with van der Waals surface area (Å²) in [5.41, 5.74) is 0. The van der Waals surface area contributed by atoms with Crippen LogP contribution in [0.25, 0.3) is 0 Å². The molecule has 74 heavy (non-hydrogen) atoms. The molecule has 1 N–H and O–H groups in total. The van der Waals surface area contributed by atoms with Gasteiger partial charge in [-0.25, -0.2) is 0 Å². The van der Waals surface area contributed by atoms with E-state index < -0.39 is 6.10 Å². The Balaban J connectivity index is 3.58. The SMILES string of the molecule is CC/C=C\C/C=C\C/C=C\C/C=C\C/C=C\C/C=C\C/C=C\C/C=C\C/C=C\CCCCCC(=O)OC(CO)COC(=O)CCCCCCCCCCCCCCCCCCC/C=C\CCCCCCCCCC. The summed E-state index contributed by atoms with van der Waals surface area (Å²) in [4.78, 5) is 24.6. The summed E-state index contributed by atoms with van der Waals surface area (Å²) < 4.78 is 10.7. The standard InChI is InChI=1S/C69H116O5/c1-3-5-7-9-11-13-15-17-19-21-23-25-27-29-31-33-34-36-38-40-42-44-46-48-50-52-54-56-58-60-62-64-69(72)74-67(65-70)66-73-68(71)63-61-59-57-55-53-51-49-47-45-43-41-39-37-35-32-30-28-26-24-22-20-18-16-14-12-10-8-6-4-2/h5,7,11,13,17,19,22-25,29,31,34,36,40,42,46,48,52,54,67,70H,3-4,6,8-10,12,14-16,18,20-21,26-28,30,32-33,35,37-39,41,43-45,47,49-51,53,55-66H2,1-2H3/b7-5-,13-11-,19-17-,24-22-,25-23-,31-29-,36-34-,42-40-,48-46-,54-52-. The Kier molecular flexibility index (Phi) is 60.4. The second-order valence-corrected chi connectivity index (χ2v) is 20.4. The minimum atomic E-state index is -0.799. The lowest BCUT2D eigenvalue weighted by molar-refractivity contribution is -0.161. The van der Waals surface area contributed by atoms with Gasteiger partial charge in [0.05, 0.1) is 6.61 Å². The fraction of sp³-hybridized carbons (Fsp3) is 0.681. The highest BCUT2D eigenvalue weighted by Crippen LogP contribution is 2.16. The van der Waals surface area contributed by atoms with Crippen molar-refractivity contribution >= 4 is 11.9 Å². The van der Waals surface area contributed by atoms with Crippen molar-refractivity contribution in [2.75, 3.05) is 13.2 Å². The third-order valence-electron chi connectivity index (χ3n) is 13.2. The maximum Gasteiger partial charge on any atom is 0.306 e. The molecular formula is C69H116O5. The van der Waals surface area contributed by atoms with Crippen molar-refractivity contribution in [3.63, 3.8) is 0 Å². The van der Waals surface area contributed by atoms with E-state index in [4.69, 9.17) is 9.47 Å². The predicted octanol–water partition coefficient (Wildman–Crippen LogP) is 21.4. The van der Waals surface area contributed by atoms with Crippen molar-refractivity contribution in [3.8, 4) is 0 Å². The Bertz CT molecular complexity index is 1490. The molecule has 422 valence electrons. The van der Waals surface area contributed by atoms with Crippen LogP contribution in [0.4, 0.5) is 0 Å². The second kappa shape index (κ2) is 63.6. The van der Waals surface area contributed by atoms with E-state index in [2.05, 4.69) is 135 Å². The number of allylic oxidation sites excluding steroid dienone is 20. The summed E-state index contributed by atoms with van der Waals surface area (Å²) >= 11 is 0.